The van der Waals surface area contributed by atoms with Gasteiger partial charge in [-0.05, 0) is 35.9 Å². The van der Waals surface area contributed by atoms with Crippen molar-refractivity contribution in [1.82, 2.24) is 4.98 Å². The molecule has 0 N–H and O–H groups in total. The summed E-state index contributed by atoms with van der Waals surface area (Å²) in [6, 6.07) is 19.3. The van der Waals surface area contributed by atoms with Gasteiger partial charge in [0.25, 0.3) is 0 Å². The van der Waals surface area contributed by atoms with E-state index in [1.165, 1.54) is 34.7 Å². The number of fused-ring (bicyclic) bond motifs is 1. The van der Waals surface area contributed by atoms with Crippen LogP contribution in [0.3, 0.4) is 0 Å². The molecule has 0 unspecified atom stereocenters. The highest BCUT2D eigenvalue weighted by molar-refractivity contribution is 5.94. The van der Waals surface area contributed by atoms with E-state index < -0.39 is 0 Å². The number of pyridine rings is 1. The van der Waals surface area contributed by atoms with Gasteiger partial charge in [0.2, 0.25) is 0 Å². The van der Waals surface area contributed by atoms with Crippen LogP contribution in [0, 0.1) is 0 Å². The third-order valence-corrected chi connectivity index (χ3v) is 3.69. The van der Waals surface area contributed by atoms with Gasteiger partial charge in [0.05, 0.1) is 5.69 Å². The van der Waals surface area contributed by atoms with E-state index in [1.54, 1.807) is 0 Å². The molecule has 1 heteroatoms. The van der Waals surface area contributed by atoms with E-state index in [2.05, 4.69) is 66.5 Å². The smallest absolute Gasteiger partial charge is 0.0780 e. The largest absolute Gasteiger partial charge is 0.256 e. The highest BCUT2D eigenvalue weighted by Crippen LogP contribution is 2.27. The van der Waals surface area contributed by atoms with Gasteiger partial charge in [0.1, 0.15) is 0 Å². The lowest BCUT2D eigenvalue weighted by Gasteiger charge is -2.07. The number of rotatable bonds is 4. The fourth-order valence-electron chi connectivity index (χ4n) is 2.60. The zero-order valence-electron chi connectivity index (χ0n) is 11.8. The van der Waals surface area contributed by atoms with Crippen LogP contribution in [-0.2, 0) is 6.42 Å². The van der Waals surface area contributed by atoms with Gasteiger partial charge in [-0.15, -0.1) is 0 Å². The van der Waals surface area contributed by atoms with Crippen molar-refractivity contribution in [2.24, 2.45) is 0 Å². The number of nitrogens with zero attached hydrogens (tertiary/aromatic N) is 1. The molecular weight excluding hydrogens is 242 g/mol. The molecule has 0 aliphatic heterocycles. The lowest BCUT2D eigenvalue weighted by Crippen LogP contribution is -1.89. The molecule has 1 aromatic heterocycles. The summed E-state index contributed by atoms with van der Waals surface area (Å²) in [6.45, 7) is 2.23. The van der Waals surface area contributed by atoms with Crippen molar-refractivity contribution in [1.29, 1.82) is 0 Å². The summed E-state index contributed by atoms with van der Waals surface area (Å²) in [4.78, 5) is 4.60. The summed E-state index contributed by atoms with van der Waals surface area (Å²) in [5, 5.41) is 2.47. The van der Waals surface area contributed by atoms with Crippen molar-refractivity contribution in [3.8, 4) is 11.3 Å². The lowest BCUT2D eigenvalue weighted by atomic mass is 10.0. The maximum absolute atomic E-state index is 4.60. The van der Waals surface area contributed by atoms with Gasteiger partial charge in [-0.2, -0.15) is 0 Å². The van der Waals surface area contributed by atoms with E-state index in [0.29, 0.717) is 0 Å². The molecule has 1 heterocycles. The fourth-order valence-corrected chi connectivity index (χ4v) is 2.60. The van der Waals surface area contributed by atoms with Crippen molar-refractivity contribution in [2.45, 2.75) is 26.2 Å². The summed E-state index contributed by atoms with van der Waals surface area (Å²) in [5.41, 5.74) is 3.70. The quantitative estimate of drug-likeness (QED) is 0.625. The Balaban J connectivity index is 2.06. The first-order valence-electron chi connectivity index (χ1n) is 7.31. The first kappa shape index (κ1) is 12.9. The van der Waals surface area contributed by atoms with Crippen LogP contribution in [-0.4, -0.2) is 4.98 Å². The Morgan fingerprint density at radius 1 is 0.950 bits per heavy atom. The predicted molar refractivity (Wildman–Crippen MR) is 85.8 cm³/mol. The minimum atomic E-state index is 1.08. The Bertz CT molecular complexity index is 710. The van der Waals surface area contributed by atoms with Crippen molar-refractivity contribution in [3.05, 3.63) is 66.4 Å². The topological polar surface area (TPSA) is 12.9 Å². The van der Waals surface area contributed by atoms with E-state index in [0.717, 1.165) is 12.1 Å². The Hall–Kier alpha value is -2.15. The van der Waals surface area contributed by atoms with Gasteiger partial charge in [0, 0.05) is 17.1 Å². The van der Waals surface area contributed by atoms with Crippen LogP contribution in [0.1, 0.15) is 25.3 Å². The second-order valence-corrected chi connectivity index (χ2v) is 5.18. The maximum atomic E-state index is 4.60. The van der Waals surface area contributed by atoms with Crippen LogP contribution in [0.25, 0.3) is 22.0 Å². The molecule has 0 bridgehead atoms. The molecule has 0 spiro atoms. The molecule has 20 heavy (non-hydrogen) atoms. The number of unbranched alkanes of at least 4 members (excludes halogenated alkanes) is 1. The summed E-state index contributed by atoms with van der Waals surface area (Å²) >= 11 is 0. The van der Waals surface area contributed by atoms with Gasteiger partial charge in [-0.1, -0.05) is 55.8 Å². The summed E-state index contributed by atoms with van der Waals surface area (Å²) in [5.74, 6) is 0. The molecule has 1 nitrogen and oxygen atoms in total. The van der Waals surface area contributed by atoms with Crippen LogP contribution in [0.4, 0.5) is 0 Å². The van der Waals surface area contributed by atoms with Gasteiger partial charge in [-0.25, -0.2) is 0 Å². The molecule has 3 aromatic rings. The number of aryl methyl sites for hydroxylation is 1. The minimum Gasteiger partial charge on any atom is -0.256 e. The van der Waals surface area contributed by atoms with Gasteiger partial charge >= 0.3 is 0 Å². The average Bonchev–Trinajstić information content (AvgIpc) is 2.52. The SMILES string of the molecule is CCCCc1cccc(-c2nccc3ccccc23)c1. The van der Waals surface area contributed by atoms with Crippen LogP contribution in [0.2, 0.25) is 0 Å². The molecule has 0 atom stereocenters. The molecule has 0 saturated carbocycles. The molecule has 2 aromatic carbocycles. The van der Waals surface area contributed by atoms with Gasteiger partial charge in [-0.3, -0.25) is 4.98 Å². The summed E-state index contributed by atoms with van der Waals surface area (Å²) in [7, 11) is 0. The molecule has 0 radical (unpaired) electrons. The number of benzene rings is 2. The molecular formula is C19H19N. The van der Waals surface area contributed by atoms with E-state index >= 15 is 0 Å². The predicted octanol–water partition coefficient (Wildman–Crippen LogP) is 5.24. The molecule has 0 amide bonds. The van der Waals surface area contributed by atoms with Crippen LogP contribution in [0.15, 0.2) is 60.8 Å². The highest BCUT2D eigenvalue weighted by Gasteiger charge is 2.05. The van der Waals surface area contributed by atoms with Gasteiger partial charge < -0.3 is 0 Å². The monoisotopic (exact) mass is 261 g/mol. The van der Waals surface area contributed by atoms with Crippen LogP contribution < -0.4 is 0 Å². The van der Waals surface area contributed by atoms with Crippen molar-refractivity contribution >= 4 is 10.8 Å². The fraction of sp³-hybridized carbons (Fsp3) is 0.211. The molecule has 100 valence electrons. The first-order valence-corrected chi connectivity index (χ1v) is 7.31. The zero-order valence-corrected chi connectivity index (χ0v) is 11.8. The van der Waals surface area contributed by atoms with Crippen LogP contribution in [0.5, 0.6) is 0 Å². The zero-order chi connectivity index (χ0) is 13.8. The average molecular weight is 261 g/mol. The Morgan fingerprint density at radius 2 is 1.85 bits per heavy atom. The highest BCUT2D eigenvalue weighted by atomic mass is 14.7. The van der Waals surface area contributed by atoms with Crippen LogP contribution >= 0.6 is 0 Å². The van der Waals surface area contributed by atoms with E-state index in [9.17, 15) is 0 Å². The Morgan fingerprint density at radius 3 is 2.75 bits per heavy atom. The number of hydrogen-bond acceptors (Lipinski definition) is 1. The van der Waals surface area contributed by atoms with E-state index in [1.807, 2.05) is 6.20 Å². The molecule has 0 fully saturated rings. The Kier molecular flexibility index (Phi) is 3.78. The number of aromatic nitrogens is 1. The van der Waals surface area contributed by atoms with Crippen molar-refractivity contribution in [3.63, 3.8) is 0 Å². The maximum Gasteiger partial charge on any atom is 0.0780 e. The second-order valence-electron chi connectivity index (χ2n) is 5.18. The first-order chi connectivity index (χ1) is 9.88. The van der Waals surface area contributed by atoms with Crippen molar-refractivity contribution in [2.75, 3.05) is 0 Å². The normalized spacial score (nSPS) is 10.8. The lowest BCUT2D eigenvalue weighted by molar-refractivity contribution is 0.795. The molecule has 0 aliphatic rings. The molecule has 0 saturated heterocycles. The summed E-state index contributed by atoms with van der Waals surface area (Å²) in [6.07, 6.45) is 5.52. The third-order valence-electron chi connectivity index (χ3n) is 3.69. The number of hydrogen-bond donors (Lipinski definition) is 0. The summed E-state index contributed by atoms with van der Waals surface area (Å²) < 4.78 is 0. The molecule has 0 aliphatic carbocycles. The van der Waals surface area contributed by atoms with E-state index in [4.69, 9.17) is 0 Å². The van der Waals surface area contributed by atoms with E-state index in [-0.39, 0.29) is 0 Å². The molecule has 3 rings (SSSR count). The second kappa shape index (κ2) is 5.87. The minimum absolute atomic E-state index is 1.08. The standard InChI is InChI=1S/C19H19N/c1-2-3-7-15-8-6-10-17(14-15)19-18-11-5-4-9-16(18)12-13-20-19/h4-6,8-14H,2-3,7H2,1H3. The van der Waals surface area contributed by atoms with Crippen molar-refractivity contribution < 1.29 is 0 Å². The van der Waals surface area contributed by atoms with Gasteiger partial charge in [0.15, 0.2) is 0 Å². The third kappa shape index (κ3) is 2.57. The Labute approximate surface area is 120 Å².